The fourth-order valence-electron chi connectivity index (χ4n) is 2.67. The Morgan fingerprint density at radius 2 is 2.06 bits per heavy atom. The van der Waals surface area contributed by atoms with E-state index in [1.165, 1.54) is 0 Å². The van der Waals surface area contributed by atoms with Gasteiger partial charge in [-0.3, -0.25) is 4.90 Å². The molecule has 0 aromatic carbocycles. The molecule has 0 amide bonds. The topological polar surface area (TPSA) is 24.5 Å². The Kier molecular flexibility index (Phi) is 4.77. The number of hydrogen-bond donors (Lipinski definition) is 1. The first-order valence-electron chi connectivity index (χ1n) is 6.42. The molecule has 0 aliphatic carbocycles. The largest absolute Gasteiger partial charge is 0.370 e. The summed E-state index contributed by atoms with van der Waals surface area (Å²) in [6.45, 7) is 14.3. The summed E-state index contributed by atoms with van der Waals surface area (Å²) in [5.74, 6) is 0.672. The number of ether oxygens (including phenoxy) is 1. The summed E-state index contributed by atoms with van der Waals surface area (Å²) >= 11 is 0. The van der Waals surface area contributed by atoms with Gasteiger partial charge < -0.3 is 10.1 Å². The first kappa shape index (κ1) is 13.9. The molecule has 0 radical (unpaired) electrons. The second-order valence-corrected chi connectivity index (χ2v) is 5.89. The monoisotopic (exact) mass is 228 g/mol. The third-order valence-corrected chi connectivity index (χ3v) is 3.52. The minimum absolute atomic E-state index is 0.00864. The summed E-state index contributed by atoms with van der Waals surface area (Å²) in [5.41, 5.74) is -0.00864. The normalized spacial score (nSPS) is 30.0. The van der Waals surface area contributed by atoms with E-state index in [1.54, 1.807) is 0 Å². The van der Waals surface area contributed by atoms with Crippen LogP contribution in [0.25, 0.3) is 0 Å². The van der Waals surface area contributed by atoms with Crippen LogP contribution >= 0.6 is 0 Å². The fraction of sp³-hybridized carbons (Fsp3) is 1.00. The molecule has 3 atom stereocenters. The van der Waals surface area contributed by atoms with E-state index < -0.39 is 0 Å². The predicted octanol–water partition coefficient (Wildman–Crippen LogP) is 1.73. The average Bonchev–Trinajstić information content (AvgIpc) is 2.13. The lowest BCUT2D eigenvalue weighted by Gasteiger charge is -2.45. The van der Waals surface area contributed by atoms with Crippen molar-refractivity contribution in [1.82, 2.24) is 10.2 Å². The van der Waals surface area contributed by atoms with Crippen LogP contribution in [-0.2, 0) is 4.74 Å². The van der Waals surface area contributed by atoms with Gasteiger partial charge in [-0.25, -0.2) is 0 Å². The molecule has 0 bridgehead atoms. The van der Waals surface area contributed by atoms with Crippen molar-refractivity contribution in [2.24, 2.45) is 5.92 Å². The fourth-order valence-corrected chi connectivity index (χ4v) is 2.67. The van der Waals surface area contributed by atoms with Crippen LogP contribution in [0, 0.1) is 5.92 Å². The molecule has 0 spiro atoms. The summed E-state index contributed by atoms with van der Waals surface area (Å²) in [6.07, 6.45) is 0.341. The van der Waals surface area contributed by atoms with Crippen LogP contribution in [-0.4, -0.2) is 49.3 Å². The van der Waals surface area contributed by atoms with Crippen LogP contribution in [0.5, 0.6) is 0 Å². The molecular weight excluding hydrogens is 200 g/mol. The molecule has 3 nitrogen and oxygen atoms in total. The first-order valence-corrected chi connectivity index (χ1v) is 6.42. The maximum absolute atomic E-state index is 5.94. The minimum atomic E-state index is -0.00864. The molecule has 1 fully saturated rings. The number of morpholine rings is 1. The summed E-state index contributed by atoms with van der Waals surface area (Å²) < 4.78 is 5.94. The summed E-state index contributed by atoms with van der Waals surface area (Å²) in [5, 5.41) is 3.26. The van der Waals surface area contributed by atoms with Crippen LogP contribution in [0.15, 0.2) is 0 Å². The van der Waals surface area contributed by atoms with Crippen LogP contribution in [0.1, 0.15) is 34.6 Å². The van der Waals surface area contributed by atoms with Gasteiger partial charge in [0.05, 0.1) is 11.7 Å². The second-order valence-electron chi connectivity index (χ2n) is 5.89. The van der Waals surface area contributed by atoms with Gasteiger partial charge in [0.2, 0.25) is 0 Å². The van der Waals surface area contributed by atoms with E-state index in [0.717, 1.165) is 19.6 Å². The lowest BCUT2D eigenvalue weighted by molar-refractivity contribution is -0.140. The molecule has 0 aromatic heterocycles. The quantitative estimate of drug-likeness (QED) is 0.793. The Morgan fingerprint density at radius 1 is 1.44 bits per heavy atom. The Morgan fingerprint density at radius 3 is 2.56 bits per heavy atom. The van der Waals surface area contributed by atoms with Crippen LogP contribution in [0.3, 0.4) is 0 Å². The van der Waals surface area contributed by atoms with Crippen molar-refractivity contribution >= 4 is 0 Å². The lowest BCUT2D eigenvalue weighted by Crippen LogP contribution is -2.56. The van der Waals surface area contributed by atoms with Crippen molar-refractivity contribution in [2.75, 3.05) is 26.7 Å². The highest BCUT2D eigenvalue weighted by molar-refractivity contribution is 4.86. The third-order valence-electron chi connectivity index (χ3n) is 3.52. The Balaban J connectivity index is 2.58. The molecule has 1 rings (SSSR count). The van der Waals surface area contributed by atoms with E-state index in [2.05, 4.69) is 44.8 Å². The first-order chi connectivity index (χ1) is 7.35. The smallest absolute Gasteiger partial charge is 0.0757 e. The molecule has 1 saturated heterocycles. The molecule has 1 aliphatic rings. The maximum atomic E-state index is 5.94. The van der Waals surface area contributed by atoms with E-state index in [0.29, 0.717) is 18.1 Å². The molecule has 1 aliphatic heterocycles. The van der Waals surface area contributed by atoms with E-state index >= 15 is 0 Å². The van der Waals surface area contributed by atoms with Gasteiger partial charge in [0.25, 0.3) is 0 Å². The molecule has 1 heterocycles. The van der Waals surface area contributed by atoms with Crippen LogP contribution in [0.4, 0.5) is 0 Å². The molecule has 3 unspecified atom stereocenters. The number of nitrogens with zero attached hydrogens (tertiary/aromatic N) is 1. The van der Waals surface area contributed by atoms with Crippen molar-refractivity contribution in [3.05, 3.63) is 0 Å². The number of hydrogen-bond acceptors (Lipinski definition) is 3. The molecular formula is C13H28N2O. The van der Waals surface area contributed by atoms with Gasteiger partial charge in [0, 0.05) is 19.1 Å². The highest BCUT2D eigenvalue weighted by Crippen LogP contribution is 2.24. The van der Waals surface area contributed by atoms with Gasteiger partial charge in [-0.05, 0) is 47.2 Å². The summed E-state index contributed by atoms with van der Waals surface area (Å²) in [7, 11) is 2.02. The van der Waals surface area contributed by atoms with Gasteiger partial charge in [-0.15, -0.1) is 0 Å². The lowest BCUT2D eigenvalue weighted by atomic mass is 9.97. The predicted molar refractivity (Wildman–Crippen MR) is 68.8 cm³/mol. The zero-order valence-corrected chi connectivity index (χ0v) is 11.7. The van der Waals surface area contributed by atoms with Crippen LogP contribution < -0.4 is 5.32 Å². The highest BCUT2D eigenvalue weighted by atomic mass is 16.5. The van der Waals surface area contributed by atoms with E-state index in [4.69, 9.17) is 4.74 Å². The van der Waals surface area contributed by atoms with Crippen molar-refractivity contribution in [3.63, 3.8) is 0 Å². The van der Waals surface area contributed by atoms with Crippen molar-refractivity contribution < 1.29 is 4.74 Å². The van der Waals surface area contributed by atoms with Crippen LogP contribution in [0.2, 0.25) is 0 Å². The molecule has 96 valence electrons. The number of nitrogens with one attached hydrogen (secondary N) is 1. The molecule has 0 aromatic rings. The standard InChI is InChI=1S/C13H28N2O/c1-10(7-14-6)12(3)15-8-11(2)16-13(4,5)9-15/h10-12,14H,7-9H2,1-6H3. The molecule has 1 N–H and O–H groups in total. The van der Waals surface area contributed by atoms with E-state index in [1.807, 2.05) is 7.05 Å². The van der Waals surface area contributed by atoms with Gasteiger partial charge in [0.15, 0.2) is 0 Å². The summed E-state index contributed by atoms with van der Waals surface area (Å²) in [4.78, 5) is 2.57. The van der Waals surface area contributed by atoms with E-state index in [-0.39, 0.29) is 5.60 Å². The summed E-state index contributed by atoms with van der Waals surface area (Å²) in [6, 6.07) is 0.609. The van der Waals surface area contributed by atoms with Gasteiger partial charge >= 0.3 is 0 Å². The van der Waals surface area contributed by atoms with Gasteiger partial charge in [0.1, 0.15) is 0 Å². The zero-order valence-electron chi connectivity index (χ0n) is 11.7. The third kappa shape index (κ3) is 3.72. The Labute approximate surface area is 101 Å². The van der Waals surface area contributed by atoms with Crippen molar-refractivity contribution in [2.45, 2.75) is 52.4 Å². The highest BCUT2D eigenvalue weighted by Gasteiger charge is 2.34. The average molecular weight is 228 g/mol. The van der Waals surface area contributed by atoms with Crippen molar-refractivity contribution in [3.8, 4) is 0 Å². The SMILES string of the molecule is CNCC(C)C(C)N1CC(C)OC(C)(C)C1. The minimum Gasteiger partial charge on any atom is -0.370 e. The van der Waals surface area contributed by atoms with E-state index in [9.17, 15) is 0 Å². The Bertz CT molecular complexity index is 218. The molecule has 0 saturated carbocycles. The molecule has 3 heteroatoms. The zero-order chi connectivity index (χ0) is 12.3. The second kappa shape index (κ2) is 5.48. The number of rotatable bonds is 4. The Hall–Kier alpha value is -0.120. The van der Waals surface area contributed by atoms with Crippen molar-refractivity contribution in [1.29, 1.82) is 0 Å². The maximum Gasteiger partial charge on any atom is 0.0757 e. The molecule has 16 heavy (non-hydrogen) atoms. The van der Waals surface area contributed by atoms with Gasteiger partial charge in [-0.1, -0.05) is 6.92 Å². The van der Waals surface area contributed by atoms with Gasteiger partial charge in [-0.2, -0.15) is 0 Å².